The summed E-state index contributed by atoms with van der Waals surface area (Å²) < 4.78 is 24.0. The molecule has 0 saturated carbocycles. The Balaban J connectivity index is 1.98. The molecule has 0 aromatic rings. The van der Waals surface area contributed by atoms with E-state index in [1.54, 1.807) is 0 Å². The molecule has 0 radical (unpaired) electrons. The Labute approximate surface area is 167 Å². The second-order valence-electron chi connectivity index (χ2n) is 8.38. The standard InChI is InChI=1S/C22H42O4S/c1-2-3-4-5-6-7-8-9-10-11-12-13-14-15-17-20(22(23)24)21-18-16-19-27(21,25)26/h20-21H,2-19H2,1H3,(H,23,24). The maximum atomic E-state index is 12.0. The van der Waals surface area contributed by atoms with E-state index in [1.807, 2.05) is 0 Å². The summed E-state index contributed by atoms with van der Waals surface area (Å²) >= 11 is 0. The van der Waals surface area contributed by atoms with Crippen molar-refractivity contribution in [1.29, 1.82) is 0 Å². The highest BCUT2D eigenvalue weighted by atomic mass is 32.2. The summed E-state index contributed by atoms with van der Waals surface area (Å²) in [4.78, 5) is 11.5. The smallest absolute Gasteiger partial charge is 0.307 e. The van der Waals surface area contributed by atoms with Crippen LogP contribution in [0.3, 0.4) is 0 Å². The van der Waals surface area contributed by atoms with Gasteiger partial charge >= 0.3 is 5.97 Å². The summed E-state index contributed by atoms with van der Waals surface area (Å²) in [6.45, 7) is 2.25. The first kappa shape index (κ1) is 24.5. The maximum absolute atomic E-state index is 12.0. The molecule has 1 fully saturated rings. The number of carboxylic acid groups (broad SMARTS) is 1. The van der Waals surface area contributed by atoms with Gasteiger partial charge in [0, 0.05) is 0 Å². The monoisotopic (exact) mass is 402 g/mol. The summed E-state index contributed by atoms with van der Waals surface area (Å²) in [7, 11) is -3.18. The van der Waals surface area contributed by atoms with Crippen LogP contribution in [0.2, 0.25) is 0 Å². The fourth-order valence-corrected chi connectivity index (χ4v) is 6.45. The molecule has 4 nitrogen and oxygen atoms in total. The lowest BCUT2D eigenvalue weighted by atomic mass is 9.94. The highest BCUT2D eigenvalue weighted by molar-refractivity contribution is 7.92. The normalized spacial score (nSPS) is 20.0. The lowest BCUT2D eigenvalue weighted by Crippen LogP contribution is -2.32. The molecule has 1 aliphatic rings. The summed E-state index contributed by atoms with van der Waals surface area (Å²) in [6, 6.07) is 0. The van der Waals surface area contributed by atoms with Gasteiger partial charge in [0.2, 0.25) is 0 Å². The van der Waals surface area contributed by atoms with Crippen LogP contribution in [0, 0.1) is 5.92 Å². The molecule has 0 bridgehead atoms. The van der Waals surface area contributed by atoms with Gasteiger partial charge in [-0.3, -0.25) is 4.79 Å². The Bertz CT molecular complexity index is 487. The van der Waals surface area contributed by atoms with Crippen molar-refractivity contribution in [2.75, 3.05) is 5.75 Å². The zero-order valence-electron chi connectivity index (χ0n) is 17.5. The average molecular weight is 403 g/mol. The van der Waals surface area contributed by atoms with Crippen LogP contribution in [0.4, 0.5) is 0 Å². The van der Waals surface area contributed by atoms with Gasteiger partial charge < -0.3 is 5.11 Å². The third kappa shape index (κ3) is 10.5. The average Bonchev–Trinajstić information content (AvgIpc) is 2.97. The fourth-order valence-electron chi connectivity index (χ4n) is 4.30. The number of hydrogen-bond acceptors (Lipinski definition) is 3. The number of carbonyl (C=O) groups is 1. The van der Waals surface area contributed by atoms with Gasteiger partial charge in [0.1, 0.15) is 0 Å². The third-order valence-corrected chi connectivity index (χ3v) is 8.36. The van der Waals surface area contributed by atoms with Crippen molar-refractivity contribution in [3.8, 4) is 0 Å². The summed E-state index contributed by atoms with van der Waals surface area (Å²) in [5, 5.41) is 8.76. The molecule has 1 rings (SSSR count). The molecule has 1 saturated heterocycles. The highest BCUT2D eigenvalue weighted by Gasteiger charge is 2.40. The Kier molecular flexibility index (Phi) is 13.1. The molecule has 0 aromatic heterocycles. The third-order valence-electron chi connectivity index (χ3n) is 6.01. The van der Waals surface area contributed by atoms with E-state index in [9.17, 15) is 18.3 Å². The van der Waals surface area contributed by atoms with E-state index in [2.05, 4.69) is 6.92 Å². The lowest BCUT2D eigenvalue weighted by molar-refractivity contribution is -0.142. The van der Waals surface area contributed by atoms with Crippen molar-refractivity contribution < 1.29 is 18.3 Å². The molecule has 1 N–H and O–H groups in total. The van der Waals surface area contributed by atoms with Crippen LogP contribution >= 0.6 is 0 Å². The molecule has 0 amide bonds. The van der Waals surface area contributed by atoms with E-state index < -0.39 is 27.0 Å². The SMILES string of the molecule is CCCCCCCCCCCCCCCCC(C(=O)O)C1CCCS1(=O)=O. The first-order valence-corrected chi connectivity index (χ1v) is 13.1. The van der Waals surface area contributed by atoms with Crippen molar-refractivity contribution in [3.05, 3.63) is 0 Å². The topological polar surface area (TPSA) is 71.4 Å². The molecule has 1 heterocycles. The molecule has 0 spiro atoms. The summed E-state index contributed by atoms with van der Waals surface area (Å²) in [5.41, 5.74) is 0. The van der Waals surface area contributed by atoms with Gasteiger partial charge in [-0.1, -0.05) is 96.8 Å². The molecule has 2 unspecified atom stereocenters. The molecule has 160 valence electrons. The minimum absolute atomic E-state index is 0.167. The number of unbranched alkanes of at least 4 members (excludes halogenated alkanes) is 13. The first-order valence-electron chi connectivity index (χ1n) is 11.4. The summed E-state index contributed by atoms with van der Waals surface area (Å²) in [5.74, 6) is -1.46. The number of rotatable bonds is 17. The van der Waals surface area contributed by atoms with Gasteiger partial charge in [0.05, 0.1) is 16.9 Å². The van der Waals surface area contributed by atoms with Crippen LogP contribution < -0.4 is 0 Å². The van der Waals surface area contributed by atoms with Gasteiger partial charge in [0.25, 0.3) is 0 Å². The minimum atomic E-state index is -3.18. The molecule has 0 aliphatic carbocycles. The van der Waals surface area contributed by atoms with Gasteiger partial charge in [-0.2, -0.15) is 0 Å². The quantitative estimate of drug-likeness (QED) is 0.297. The maximum Gasteiger partial charge on any atom is 0.307 e. The van der Waals surface area contributed by atoms with Gasteiger partial charge in [-0.05, 0) is 19.3 Å². The second kappa shape index (κ2) is 14.4. The predicted molar refractivity (Wildman–Crippen MR) is 113 cm³/mol. The molecule has 5 heteroatoms. The largest absolute Gasteiger partial charge is 0.481 e. The Morgan fingerprint density at radius 2 is 1.30 bits per heavy atom. The van der Waals surface area contributed by atoms with E-state index in [4.69, 9.17) is 0 Å². The van der Waals surface area contributed by atoms with E-state index >= 15 is 0 Å². The predicted octanol–water partition coefficient (Wildman–Crippen LogP) is 6.14. The number of aliphatic carboxylic acids is 1. The van der Waals surface area contributed by atoms with E-state index in [0.717, 1.165) is 19.3 Å². The fraction of sp³-hybridized carbons (Fsp3) is 0.955. The van der Waals surface area contributed by atoms with E-state index in [1.165, 1.54) is 70.6 Å². The molecular weight excluding hydrogens is 360 g/mol. The zero-order valence-corrected chi connectivity index (χ0v) is 18.3. The lowest BCUT2D eigenvalue weighted by Gasteiger charge is -2.18. The number of sulfone groups is 1. The molecule has 1 aliphatic heterocycles. The molecular formula is C22H42O4S. The van der Waals surface area contributed by atoms with Crippen molar-refractivity contribution in [1.82, 2.24) is 0 Å². The van der Waals surface area contributed by atoms with Gasteiger partial charge in [0.15, 0.2) is 9.84 Å². The van der Waals surface area contributed by atoms with Gasteiger partial charge in [-0.25, -0.2) is 8.42 Å². The van der Waals surface area contributed by atoms with Crippen LogP contribution in [0.1, 0.15) is 116 Å². The second-order valence-corrected chi connectivity index (χ2v) is 10.7. The van der Waals surface area contributed by atoms with E-state index in [0.29, 0.717) is 19.3 Å². The zero-order chi connectivity index (χ0) is 20.0. The van der Waals surface area contributed by atoms with Crippen LogP contribution in [-0.4, -0.2) is 30.5 Å². The van der Waals surface area contributed by atoms with Crippen molar-refractivity contribution in [2.45, 2.75) is 121 Å². The Morgan fingerprint density at radius 1 is 0.852 bits per heavy atom. The molecule has 2 atom stereocenters. The van der Waals surface area contributed by atoms with Crippen LogP contribution in [0.5, 0.6) is 0 Å². The highest BCUT2D eigenvalue weighted by Crippen LogP contribution is 2.30. The van der Waals surface area contributed by atoms with Crippen LogP contribution in [0.15, 0.2) is 0 Å². The van der Waals surface area contributed by atoms with Crippen molar-refractivity contribution in [2.24, 2.45) is 5.92 Å². The Morgan fingerprint density at radius 3 is 1.67 bits per heavy atom. The van der Waals surface area contributed by atoms with Crippen molar-refractivity contribution >= 4 is 15.8 Å². The van der Waals surface area contributed by atoms with Gasteiger partial charge in [-0.15, -0.1) is 0 Å². The minimum Gasteiger partial charge on any atom is -0.481 e. The Hall–Kier alpha value is -0.580. The van der Waals surface area contributed by atoms with Crippen LogP contribution in [0.25, 0.3) is 0 Å². The summed E-state index contributed by atoms with van der Waals surface area (Å²) in [6.07, 6.45) is 19.4. The number of carboxylic acids is 1. The van der Waals surface area contributed by atoms with E-state index in [-0.39, 0.29) is 5.75 Å². The number of hydrogen-bond donors (Lipinski definition) is 1. The first-order chi connectivity index (χ1) is 13.0. The van der Waals surface area contributed by atoms with Crippen molar-refractivity contribution in [3.63, 3.8) is 0 Å². The molecule has 0 aromatic carbocycles. The molecule has 27 heavy (non-hydrogen) atoms. The van der Waals surface area contributed by atoms with Crippen LogP contribution in [-0.2, 0) is 14.6 Å².